The van der Waals surface area contributed by atoms with E-state index in [2.05, 4.69) is 5.32 Å². The Morgan fingerprint density at radius 2 is 2.15 bits per heavy atom. The lowest BCUT2D eigenvalue weighted by atomic mass is 10.1. The quantitative estimate of drug-likeness (QED) is 0.568. The molecule has 0 aliphatic rings. The molecule has 1 unspecified atom stereocenters. The first-order valence-corrected chi connectivity index (χ1v) is 4.58. The normalized spacial score (nSPS) is 13.9. The minimum Gasteiger partial charge on any atom is -0.396 e. The molecule has 0 aliphatic carbocycles. The van der Waals surface area contributed by atoms with E-state index in [0.717, 1.165) is 6.42 Å². The fourth-order valence-corrected chi connectivity index (χ4v) is 0.879. The Kier molecular flexibility index (Phi) is 4.95. The number of hydrogen-bond acceptors (Lipinski definition) is 3. The van der Waals surface area contributed by atoms with Gasteiger partial charge in [-0.15, -0.1) is 0 Å². The summed E-state index contributed by atoms with van der Waals surface area (Å²) in [6.45, 7) is 5.40. The van der Waals surface area contributed by atoms with Crippen LogP contribution in [-0.2, 0) is 4.79 Å². The second-order valence-electron chi connectivity index (χ2n) is 3.96. The molecule has 78 valence electrons. The first-order valence-electron chi connectivity index (χ1n) is 4.58. The van der Waals surface area contributed by atoms with Gasteiger partial charge in [-0.3, -0.25) is 4.79 Å². The van der Waals surface area contributed by atoms with Gasteiger partial charge in [-0.1, -0.05) is 0 Å². The highest BCUT2D eigenvalue weighted by molar-refractivity contribution is 5.85. The Bertz CT molecular complexity index is 163. The lowest BCUT2D eigenvalue weighted by molar-refractivity contribution is -0.125. The molecule has 0 saturated heterocycles. The highest BCUT2D eigenvalue weighted by atomic mass is 16.2. The molecule has 4 N–H and O–H groups in total. The smallest absolute Gasteiger partial charge is 0.239 e. The molecule has 0 aromatic rings. The summed E-state index contributed by atoms with van der Waals surface area (Å²) in [6.07, 6.45) is 1.48. The lowest BCUT2D eigenvalue weighted by Crippen LogP contribution is -2.51. The molecule has 0 heterocycles. The summed E-state index contributed by atoms with van der Waals surface area (Å²) in [4.78, 5) is 11.3. The van der Waals surface area contributed by atoms with E-state index in [9.17, 15) is 4.79 Å². The molecule has 0 aromatic heterocycles. The molecule has 13 heavy (non-hydrogen) atoms. The first-order chi connectivity index (χ1) is 5.88. The summed E-state index contributed by atoms with van der Waals surface area (Å²) in [6, 6.07) is 0.0717. The van der Waals surface area contributed by atoms with Crippen molar-refractivity contribution in [3.63, 3.8) is 0 Å². The van der Waals surface area contributed by atoms with Gasteiger partial charge in [0.05, 0.1) is 5.54 Å². The molecule has 4 heteroatoms. The Morgan fingerprint density at radius 3 is 2.54 bits per heavy atom. The maximum absolute atomic E-state index is 11.3. The minimum absolute atomic E-state index is 0.0717. The zero-order valence-electron chi connectivity index (χ0n) is 8.63. The van der Waals surface area contributed by atoms with Crippen LogP contribution >= 0.6 is 0 Å². The molecule has 0 fully saturated rings. The molecule has 0 aliphatic heterocycles. The summed E-state index contributed by atoms with van der Waals surface area (Å²) < 4.78 is 0. The third-order valence-electron chi connectivity index (χ3n) is 1.76. The zero-order chi connectivity index (χ0) is 10.5. The van der Waals surface area contributed by atoms with Crippen molar-refractivity contribution in [3.05, 3.63) is 0 Å². The maximum atomic E-state index is 11.3. The predicted octanol–water partition coefficient (Wildman–Crippen LogP) is 0.000900. The largest absolute Gasteiger partial charge is 0.396 e. The number of carbonyl (C=O) groups excluding carboxylic acids is 1. The third-order valence-corrected chi connectivity index (χ3v) is 1.76. The van der Waals surface area contributed by atoms with E-state index in [4.69, 9.17) is 10.8 Å². The Morgan fingerprint density at radius 1 is 1.62 bits per heavy atom. The molecule has 1 amide bonds. The molecular formula is C9H20N2O2. The van der Waals surface area contributed by atoms with Gasteiger partial charge in [-0.25, -0.2) is 0 Å². The van der Waals surface area contributed by atoms with Gasteiger partial charge in [-0.2, -0.15) is 0 Å². The van der Waals surface area contributed by atoms with E-state index in [-0.39, 0.29) is 18.6 Å². The van der Waals surface area contributed by atoms with Crippen molar-refractivity contribution in [2.45, 2.75) is 45.2 Å². The monoisotopic (exact) mass is 188 g/mol. The second kappa shape index (κ2) is 5.19. The molecule has 0 saturated carbocycles. The molecule has 0 radical (unpaired) electrons. The van der Waals surface area contributed by atoms with Crippen LogP contribution in [0.3, 0.4) is 0 Å². The Labute approximate surface area is 79.5 Å². The highest BCUT2D eigenvalue weighted by Crippen LogP contribution is 2.00. The topological polar surface area (TPSA) is 75.3 Å². The summed E-state index contributed by atoms with van der Waals surface area (Å²) in [5.74, 6) is -0.155. The first kappa shape index (κ1) is 12.4. The number of nitrogens with two attached hydrogens (primary N) is 1. The van der Waals surface area contributed by atoms with Gasteiger partial charge < -0.3 is 16.2 Å². The van der Waals surface area contributed by atoms with Crippen molar-refractivity contribution in [1.82, 2.24) is 5.32 Å². The van der Waals surface area contributed by atoms with Crippen molar-refractivity contribution in [2.24, 2.45) is 5.73 Å². The summed E-state index contributed by atoms with van der Waals surface area (Å²) >= 11 is 0. The van der Waals surface area contributed by atoms with Gasteiger partial charge in [0, 0.05) is 12.6 Å². The van der Waals surface area contributed by atoms with E-state index >= 15 is 0 Å². The molecule has 4 nitrogen and oxygen atoms in total. The van der Waals surface area contributed by atoms with Crippen LogP contribution in [0.4, 0.5) is 0 Å². The summed E-state index contributed by atoms with van der Waals surface area (Å²) in [5, 5.41) is 11.4. The maximum Gasteiger partial charge on any atom is 0.239 e. The third kappa shape index (κ3) is 5.60. The van der Waals surface area contributed by atoms with Crippen LogP contribution in [0.15, 0.2) is 0 Å². The van der Waals surface area contributed by atoms with Crippen LogP contribution < -0.4 is 11.1 Å². The van der Waals surface area contributed by atoms with Crippen LogP contribution in [0.1, 0.15) is 33.6 Å². The number of aliphatic hydroxyl groups is 1. The van der Waals surface area contributed by atoms with Gasteiger partial charge in [0.25, 0.3) is 0 Å². The summed E-state index contributed by atoms with van der Waals surface area (Å²) in [5.41, 5.74) is 4.77. The molecule has 1 atom stereocenters. The second-order valence-corrected chi connectivity index (χ2v) is 3.96. The average molecular weight is 188 g/mol. The van der Waals surface area contributed by atoms with E-state index in [0.29, 0.717) is 6.42 Å². The van der Waals surface area contributed by atoms with Crippen molar-refractivity contribution in [3.8, 4) is 0 Å². The van der Waals surface area contributed by atoms with Crippen LogP contribution in [0.5, 0.6) is 0 Å². The molecule has 0 bridgehead atoms. The van der Waals surface area contributed by atoms with Gasteiger partial charge in [0.15, 0.2) is 0 Å². The van der Waals surface area contributed by atoms with Crippen LogP contribution in [0.2, 0.25) is 0 Å². The highest BCUT2D eigenvalue weighted by Gasteiger charge is 2.22. The summed E-state index contributed by atoms with van der Waals surface area (Å²) in [7, 11) is 0. The minimum atomic E-state index is -0.826. The van der Waals surface area contributed by atoms with Crippen molar-refractivity contribution in [2.75, 3.05) is 6.61 Å². The fraction of sp³-hybridized carbons (Fsp3) is 0.889. The van der Waals surface area contributed by atoms with Gasteiger partial charge in [0.2, 0.25) is 5.91 Å². The van der Waals surface area contributed by atoms with Crippen LogP contribution in [-0.4, -0.2) is 29.2 Å². The van der Waals surface area contributed by atoms with Gasteiger partial charge >= 0.3 is 0 Å². The average Bonchev–Trinajstić information content (AvgIpc) is 1.99. The number of rotatable bonds is 5. The SMILES string of the molecule is CC(CCCO)NC(=O)C(C)(C)N. The van der Waals surface area contributed by atoms with Crippen molar-refractivity contribution < 1.29 is 9.90 Å². The fourth-order valence-electron chi connectivity index (χ4n) is 0.879. The standard InChI is InChI=1S/C9H20N2O2/c1-7(5-4-6-12)11-8(13)9(2,3)10/h7,12H,4-6,10H2,1-3H3,(H,11,13). The van der Waals surface area contributed by atoms with Crippen molar-refractivity contribution in [1.29, 1.82) is 0 Å². The van der Waals surface area contributed by atoms with E-state index in [1.165, 1.54) is 0 Å². The number of carbonyl (C=O) groups is 1. The number of amides is 1. The molecule has 0 rings (SSSR count). The van der Waals surface area contributed by atoms with E-state index in [1.54, 1.807) is 13.8 Å². The zero-order valence-corrected chi connectivity index (χ0v) is 8.63. The molecule has 0 spiro atoms. The number of nitrogens with one attached hydrogen (secondary N) is 1. The van der Waals surface area contributed by atoms with E-state index < -0.39 is 5.54 Å². The van der Waals surface area contributed by atoms with Crippen molar-refractivity contribution >= 4 is 5.91 Å². The molecule has 0 aromatic carbocycles. The van der Waals surface area contributed by atoms with E-state index in [1.807, 2.05) is 6.92 Å². The Hall–Kier alpha value is -0.610. The van der Waals surface area contributed by atoms with Crippen LogP contribution in [0.25, 0.3) is 0 Å². The van der Waals surface area contributed by atoms with Crippen LogP contribution in [0, 0.1) is 0 Å². The number of aliphatic hydroxyl groups excluding tert-OH is 1. The Balaban J connectivity index is 3.79. The number of hydrogen-bond donors (Lipinski definition) is 3. The lowest BCUT2D eigenvalue weighted by Gasteiger charge is -2.21. The van der Waals surface area contributed by atoms with Gasteiger partial charge in [-0.05, 0) is 33.6 Å². The van der Waals surface area contributed by atoms with Gasteiger partial charge in [0.1, 0.15) is 0 Å². The predicted molar refractivity (Wildman–Crippen MR) is 52.2 cm³/mol. The molecular weight excluding hydrogens is 168 g/mol.